The quantitative estimate of drug-likeness (QED) is 0.847. The summed E-state index contributed by atoms with van der Waals surface area (Å²) in [5, 5.41) is 10.1. The minimum Gasteiger partial charge on any atom is -0.508 e. The van der Waals surface area contributed by atoms with Crippen molar-refractivity contribution in [1.29, 1.82) is 0 Å². The fraction of sp³-hybridized carbons (Fsp3) is 0.600. The van der Waals surface area contributed by atoms with Crippen molar-refractivity contribution in [2.45, 2.75) is 51.6 Å². The van der Waals surface area contributed by atoms with Gasteiger partial charge in [0.2, 0.25) is 6.29 Å². The highest BCUT2D eigenvalue weighted by atomic mass is 16.7. The van der Waals surface area contributed by atoms with E-state index in [1.54, 1.807) is 13.2 Å². The summed E-state index contributed by atoms with van der Waals surface area (Å²) in [6, 6.07) is 1.68. The molecule has 1 N–H and O–H groups in total. The van der Waals surface area contributed by atoms with Crippen LogP contribution in [0.5, 0.6) is 11.5 Å². The lowest BCUT2D eigenvalue weighted by molar-refractivity contribution is -0.129. The van der Waals surface area contributed by atoms with Gasteiger partial charge in [-0.1, -0.05) is 6.92 Å². The second-order valence-electron chi connectivity index (χ2n) is 5.48. The molecule has 2 aliphatic heterocycles. The van der Waals surface area contributed by atoms with E-state index in [0.717, 1.165) is 11.1 Å². The second kappa shape index (κ2) is 4.39. The predicted octanol–water partition coefficient (Wildman–Crippen LogP) is 3.02. The average molecular weight is 264 g/mol. The summed E-state index contributed by atoms with van der Waals surface area (Å²) in [5.41, 5.74) is 3.20. The van der Waals surface area contributed by atoms with E-state index >= 15 is 0 Å². The number of phenolic OH excluding ortho intramolecular Hbond substituents is 1. The number of methoxy groups -OCH3 is 1. The Morgan fingerprint density at radius 3 is 2.74 bits per heavy atom. The van der Waals surface area contributed by atoms with Crippen LogP contribution in [0.15, 0.2) is 6.07 Å². The molecule has 4 nitrogen and oxygen atoms in total. The van der Waals surface area contributed by atoms with E-state index in [1.807, 2.05) is 6.92 Å². The lowest BCUT2D eigenvalue weighted by atomic mass is 9.81. The van der Waals surface area contributed by atoms with Crippen LogP contribution in [0, 0.1) is 6.92 Å². The number of ether oxygens (including phenoxy) is 3. The van der Waals surface area contributed by atoms with Crippen molar-refractivity contribution in [1.82, 2.24) is 0 Å². The highest BCUT2D eigenvalue weighted by Gasteiger charge is 2.40. The molecular weight excluding hydrogens is 244 g/mol. The summed E-state index contributed by atoms with van der Waals surface area (Å²) < 4.78 is 17.2. The Morgan fingerprint density at radius 2 is 2.05 bits per heavy atom. The SMILES string of the molecule is COC1CC2OC(C)C(C)c3c(C)c(O)cc(c32)O1. The first-order chi connectivity index (χ1) is 9.02. The van der Waals surface area contributed by atoms with Crippen molar-refractivity contribution in [2.24, 2.45) is 0 Å². The van der Waals surface area contributed by atoms with Crippen LogP contribution < -0.4 is 4.74 Å². The van der Waals surface area contributed by atoms with Gasteiger partial charge in [0.15, 0.2) is 0 Å². The molecule has 0 spiro atoms. The molecule has 1 aromatic rings. The molecule has 0 amide bonds. The summed E-state index contributed by atoms with van der Waals surface area (Å²) >= 11 is 0. The van der Waals surface area contributed by atoms with Crippen LogP contribution in [0.25, 0.3) is 0 Å². The normalized spacial score (nSPS) is 32.6. The monoisotopic (exact) mass is 264 g/mol. The van der Waals surface area contributed by atoms with E-state index in [-0.39, 0.29) is 30.2 Å². The fourth-order valence-corrected chi connectivity index (χ4v) is 3.16. The third-order valence-corrected chi connectivity index (χ3v) is 4.40. The number of hydrogen-bond acceptors (Lipinski definition) is 4. The Morgan fingerprint density at radius 1 is 1.32 bits per heavy atom. The van der Waals surface area contributed by atoms with E-state index in [0.29, 0.717) is 12.2 Å². The number of benzene rings is 1. The number of phenols is 1. The third-order valence-electron chi connectivity index (χ3n) is 4.40. The zero-order chi connectivity index (χ0) is 13.7. The van der Waals surface area contributed by atoms with Gasteiger partial charge in [-0.3, -0.25) is 0 Å². The van der Waals surface area contributed by atoms with Crippen molar-refractivity contribution >= 4 is 0 Å². The summed E-state index contributed by atoms with van der Waals surface area (Å²) in [6.07, 6.45) is 0.501. The minimum absolute atomic E-state index is 0.00537. The molecule has 0 bridgehead atoms. The maximum atomic E-state index is 10.1. The fourth-order valence-electron chi connectivity index (χ4n) is 3.16. The highest BCUT2D eigenvalue weighted by Crippen LogP contribution is 2.50. The topological polar surface area (TPSA) is 47.9 Å². The van der Waals surface area contributed by atoms with Gasteiger partial charge < -0.3 is 19.3 Å². The molecule has 2 aliphatic rings. The Kier molecular flexibility index (Phi) is 2.95. The zero-order valence-corrected chi connectivity index (χ0v) is 11.8. The van der Waals surface area contributed by atoms with Crippen molar-refractivity contribution in [3.63, 3.8) is 0 Å². The summed E-state index contributed by atoms with van der Waals surface area (Å²) in [5.74, 6) is 1.23. The van der Waals surface area contributed by atoms with Crippen molar-refractivity contribution in [2.75, 3.05) is 7.11 Å². The van der Waals surface area contributed by atoms with E-state index in [4.69, 9.17) is 14.2 Å². The molecule has 1 aromatic carbocycles. The molecule has 2 heterocycles. The zero-order valence-electron chi connectivity index (χ0n) is 11.8. The summed E-state index contributed by atoms with van der Waals surface area (Å²) in [7, 11) is 1.62. The van der Waals surface area contributed by atoms with Crippen LogP contribution in [0.1, 0.15) is 49.0 Å². The molecular formula is C15H20O4. The average Bonchev–Trinajstić information content (AvgIpc) is 2.38. The highest BCUT2D eigenvalue weighted by molar-refractivity contribution is 5.56. The van der Waals surface area contributed by atoms with Gasteiger partial charge in [-0.15, -0.1) is 0 Å². The van der Waals surface area contributed by atoms with Crippen LogP contribution in [0.4, 0.5) is 0 Å². The molecule has 0 aliphatic carbocycles. The molecule has 0 saturated carbocycles. The molecule has 4 atom stereocenters. The van der Waals surface area contributed by atoms with Gasteiger partial charge in [-0.2, -0.15) is 0 Å². The first kappa shape index (κ1) is 12.8. The lowest BCUT2D eigenvalue weighted by Gasteiger charge is -2.41. The van der Waals surface area contributed by atoms with Crippen LogP contribution >= 0.6 is 0 Å². The molecule has 19 heavy (non-hydrogen) atoms. The Bertz CT molecular complexity index is 511. The molecule has 4 unspecified atom stereocenters. The molecule has 4 heteroatoms. The maximum absolute atomic E-state index is 10.1. The molecule has 104 valence electrons. The number of rotatable bonds is 1. The van der Waals surface area contributed by atoms with Crippen molar-refractivity contribution in [3.05, 3.63) is 22.8 Å². The summed E-state index contributed by atoms with van der Waals surface area (Å²) in [6.45, 7) is 6.17. The van der Waals surface area contributed by atoms with Gasteiger partial charge in [0.25, 0.3) is 0 Å². The molecule has 3 rings (SSSR count). The maximum Gasteiger partial charge on any atom is 0.202 e. The van der Waals surface area contributed by atoms with Crippen LogP contribution in [0.3, 0.4) is 0 Å². The molecule has 0 fully saturated rings. The van der Waals surface area contributed by atoms with E-state index in [2.05, 4.69) is 13.8 Å². The van der Waals surface area contributed by atoms with Gasteiger partial charge in [0.05, 0.1) is 12.2 Å². The number of hydrogen-bond donors (Lipinski definition) is 1. The van der Waals surface area contributed by atoms with Gasteiger partial charge in [0, 0.05) is 31.1 Å². The smallest absolute Gasteiger partial charge is 0.202 e. The van der Waals surface area contributed by atoms with Gasteiger partial charge in [0.1, 0.15) is 11.5 Å². The van der Waals surface area contributed by atoms with E-state index < -0.39 is 0 Å². The Labute approximate surface area is 113 Å². The Hall–Kier alpha value is -1.26. The van der Waals surface area contributed by atoms with E-state index in [1.165, 1.54) is 5.56 Å². The molecule has 0 aromatic heterocycles. The van der Waals surface area contributed by atoms with Gasteiger partial charge >= 0.3 is 0 Å². The molecule has 0 saturated heterocycles. The van der Waals surface area contributed by atoms with Gasteiger partial charge in [-0.25, -0.2) is 0 Å². The largest absolute Gasteiger partial charge is 0.508 e. The van der Waals surface area contributed by atoms with Crippen LogP contribution in [-0.2, 0) is 9.47 Å². The van der Waals surface area contributed by atoms with Crippen molar-refractivity contribution in [3.8, 4) is 11.5 Å². The van der Waals surface area contributed by atoms with Crippen LogP contribution in [-0.4, -0.2) is 24.6 Å². The minimum atomic E-state index is -0.312. The third kappa shape index (κ3) is 1.82. The summed E-state index contributed by atoms with van der Waals surface area (Å²) in [4.78, 5) is 0. The van der Waals surface area contributed by atoms with E-state index in [9.17, 15) is 5.11 Å². The number of aromatic hydroxyl groups is 1. The second-order valence-corrected chi connectivity index (χ2v) is 5.48. The lowest BCUT2D eigenvalue weighted by Crippen LogP contribution is -2.36. The standard InChI is InChI=1S/C15H20O4/c1-7-9(3)18-12-6-13(17-4)19-11-5-10(16)8(2)14(7)15(11)12/h5,7,9,12-13,16H,6H2,1-4H3. The first-order valence-corrected chi connectivity index (χ1v) is 6.74. The van der Waals surface area contributed by atoms with Gasteiger partial charge in [-0.05, 0) is 25.0 Å². The predicted molar refractivity (Wildman–Crippen MR) is 70.6 cm³/mol. The van der Waals surface area contributed by atoms with Crippen molar-refractivity contribution < 1.29 is 19.3 Å². The first-order valence-electron chi connectivity index (χ1n) is 6.74. The molecule has 0 radical (unpaired) electrons. The van der Waals surface area contributed by atoms with Crippen LogP contribution in [0.2, 0.25) is 0 Å². The Balaban J connectivity index is 2.20.